The van der Waals surface area contributed by atoms with Crippen molar-refractivity contribution in [1.82, 2.24) is 4.90 Å². The first kappa shape index (κ1) is 32.8. The van der Waals surface area contributed by atoms with E-state index in [1.165, 1.54) is 0 Å². The van der Waals surface area contributed by atoms with Crippen LogP contribution in [0.15, 0.2) is 108 Å². The number of hydrogen-bond acceptors (Lipinski definition) is 6. The normalized spacial score (nSPS) is 20.6. The Labute approximate surface area is 293 Å². The zero-order valence-corrected chi connectivity index (χ0v) is 28.5. The Balaban J connectivity index is 1.11. The van der Waals surface area contributed by atoms with Crippen molar-refractivity contribution in [2.24, 2.45) is 5.92 Å². The van der Waals surface area contributed by atoms with E-state index in [0.717, 1.165) is 21.2 Å². The van der Waals surface area contributed by atoms with Crippen molar-refractivity contribution in [3.8, 4) is 5.75 Å². The van der Waals surface area contributed by atoms with Crippen LogP contribution >= 0.6 is 15.9 Å². The van der Waals surface area contributed by atoms with Crippen LogP contribution in [0.4, 0.5) is 17.1 Å². The van der Waals surface area contributed by atoms with E-state index in [2.05, 4.69) is 15.9 Å². The molecule has 0 aliphatic carbocycles. The maximum Gasteiger partial charge on any atom is 0.269 e. The van der Waals surface area contributed by atoms with E-state index in [9.17, 15) is 24.6 Å². The van der Waals surface area contributed by atoms with Gasteiger partial charge in [0.05, 0.1) is 30.6 Å². The minimum atomic E-state index is -1.88. The molecule has 0 unspecified atom stereocenters. The lowest BCUT2D eigenvalue weighted by Gasteiger charge is -2.36. The zero-order chi connectivity index (χ0) is 34.3. The van der Waals surface area contributed by atoms with E-state index in [-0.39, 0.29) is 44.0 Å². The Kier molecular flexibility index (Phi) is 8.87. The summed E-state index contributed by atoms with van der Waals surface area (Å²) in [4.78, 5) is 45.4. The molecule has 10 heteroatoms. The Morgan fingerprint density at radius 2 is 1.78 bits per heavy atom. The van der Waals surface area contributed by atoms with Gasteiger partial charge in [0.1, 0.15) is 5.75 Å². The summed E-state index contributed by atoms with van der Waals surface area (Å²) in [6, 6.07) is 27.8. The number of fused-ring (bicyclic) bond motifs is 3. The third-order valence-electron chi connectivity index (χ3n) is 9.71. The van der Waals surface area contributed by atoms with E-state index in [1.54, 1.807) is 39.8 Å². The summed E-state index contributed by atoms with van der Waals surface area (Å²) >= 11 is 3.51. The molecule has 0 spiro atoms. The molecule has 0 bridgehead atoms. The molecule has 3 aliphatic rings. The number of ether oxygens (including phenoxy) is 1. The van der Waals surface area contributed by atoms with Crippen molar-refractivity contribution in [3.05, 3.63) is 130 Å². The van der Waals surface area contributed by atoms with Crippen molar-refractivity contribution in [3.63, 3.8) is 0 Å². The van der Waals surface area contributed by atoms with Gasteiger partial charge in [0.25, 0.3) is 11.8 Å². The zero-order valence-electron chi connectivity index (χ0n) is 27.0. The van der Waals surface area contributed by atoms with Gasteiger partial charge in [-0.2, -0.15) is 0 Å². The van der Waals surface area contributed by atoms with Crippen LogP contribution < -0.4 is 14.5 Å². The molecule has 49 heavy (non-hydrogen) atoms. The molecule has 3 aliphatic heterocycles. The topological polar surface area (TPSA) is 111 Å². The lowest BCUT2D eigenvalue weighted by atomic mass is 9.83. The number of para-hydroxylation sites is 2. The van der Waals surface area contributed by atoms with Gasteiger partial charge in [-0.15, -0.1) is 0 Å². The molecule has 250 valence electrons. The van der Waals surface area contributed by atoms with E-state index < -0.39 is 17.4 Å². The van der Waals surface area contributed by atoms with Crippen molar-refractivity contribution in [2.45, 2.75) is 44.5 Å². The second-order valence-corrected chi connectivity index (χ2v) is 13.6. The number of anilines is 3. The summed E-state index contributed by atoms with van der Waals surface area (Å²) in [5.41, 5.74) is 3.45. The number of hydrogen-bond donors (Lipinski definition) is 2. The number of rotatable bonds is 8. The van der Waals surface area contributed by atoms with Crippen molar-refractivity contribution < 1.29 is 29.3 Å². The molecule has 3 atom stereocenters. The largest absolute Gasteiger partial charge is 0.482 e. The number of benzene rings is 4. The molecule has 0 aromatic heterocycles. The fraction of sp³-hybridized carbons (Fsp3) is 0.256. The van der Waals surface area contributed by atoms with E-state index in [4.69, 9.17) is 4.74 Å². The van der Waals surface area contributed by atoms with Crippen LogP contribution in [0.1, 0.15) is 35.6 Å². The molecule has 3 heterocycles. The first-order valence-electron chi connectivity index (χ1n) is 16.3. The SMILES string of the molecule is C[C@@H](/C=C/CC(=O)N1Cc2ccccc2C[C@H]1CO)[C@]1(O)C(=O)N(Cc2cccc(N3C(=O)COc4ccccc43)c2)c2ccc(Br)cc21. The quantitative estimate of drug-likeness (QED) is 0.224. The highest BCUT2D eigenvalue weighted by Gasteiger charge is 2.52. The average Bonchev–Trinajstić information content (AvgIpc) is 3.32. The number of nitrogens with zero attached hydrogens (tertiary/aromatic N) is 3. The van der Waals surface area contributed by atoms with Gasteiger partial charge in [-0.05, 0) is 65.6 Å². The lowest BCUT2D eigenvalue weighted by Crippen LogP contribution is -2.46. The standard InChI is InChI=1S/C39H36BrN3O6/c1-25(8-6-15-36(45)41-22-28-11-3-2-10-27(28)19-31(41)23-44)39(48)32-20-29(40)16-17-33(32)42(38(39)47)21-26-9-7-12-30(18-26)43-34-13-4-5-14-35(34)49-24-37(43)46/h2-14,16-18,20,25,31,44,48H,15,19,21-24H2,1H3/b8-6+/t25-,31-,39+/m0/s1. The van der Waals surface area contributed by atoms with Crippen LogP contribution in [0.5, 0.6) is 5.75 Å². The van der Waals surface area contributed by atoms with Crippen LogP contribution in [0.25, 0.3) is 0 Å². The molecule has 0 fully saturated rings. The predicted octanol–water partition coefficient (Wildman–Crippen LogP) is 5.77. The second-order valence-electron chi connectivity index (χ2n) is 12.7. The van der Waals surface area contributed by atoms with Crippen LogP contribution in [-0.2, 0) is 39.5 Å². The van der Waals surface area contributed by atoms with Gasteiger partial charge in [0.15, 0.2) is 12.2 Å². The third kappa shape index (κ3) is 5.94. The summed E-state index contributed by atoms with van der Waals surface area (Å²) in [5, 5.41) is 22.2. The Morgan fingerprint density at radius 3 is 2.59 bits per heavy atom. The van der Waals surface area contributed by atoms with Gasteiger partial charge in [0, 0.05) is 34.6 Å². The second kappa shape index (κ2) is 13.3. The fourth-order valence-electron chi connectivity index (χ4n) is 7.11. The van der Waals surface area contributed by atoms with Gasteiger partial charge in [-0.1, -0.05) is 83.5 Å². The van der Waals surface area contributed by atoms with Gasteiger partial charge >= 0.3 is 0 Å². The van der Waals surface area contributed by atoms with Crippen molar-refractivity contribution in [2.75, 3.05) is 23.0 Å². The first-order valence-corrected chi connectivity index (χ1v) is 17.1. The van der Waals surface area contributed by atoms with Gasteiger partial charge in [-0.3, -0.25) is 19.3 Å². The molecule has 7 rings (SSSR count). The minimum Gasteiger partial charge on any atom is -0.482 e. The molecule has 3 amide bonds. The summed E-state index contributed by atoms with van der Waals surface area (Å²) in [7, 11) is 0. The summed E-state index contributed by atoms with van der Waals surface area (Å²) in [6.45, 7) is 2.15. The molecule has 9 nitrogen and oxygen atoms in total. The first-order chi connectivity index (χ1) is 23.7. The summed E-state index contributed by atoms with van der Waals surface area (Å²) < 4.78 is 6.34. The molecule has 2 N–H and O–H groups in total. The maximum absolute atomic E-state index is 14.2. The van der Waals surface area contributed by atoms with Crippen molar-refractivity contribution in [1.29, 1.82) is 0 Å². The van der Waals surface area contributed by atoms with Gasteiger partial charge in [0.2, 0.25) is 5.91 Å². The number of carbonyl (C=O) groups is 3. The number of aliphatic hydroxyl groups is 2. The molecule has 0 radical (unpaired) electrons. The van der Waals surface area contributed by atoms with Gasteiger partial charge < -0.3 is 24.7 Å². The van der Waals surface area contributed by atoms with Crippen LogP contribution in [0.3, 0.4) is 0 Å². The molecular weight excluding hydrogens is 686 g/mol. The highest BCUT2D eigenvalue weighted by atomic mass is 79.9. The maximum atomic E-state index is 14.2. The van der Waals surface area contributed by atoms with Gasteiger partial charge in [-0.25, -0.2) is 0 Å². The van der Waals surface area contributed by atoms with Crippen LogP contribution in [0, 0.1) is 5.92 Å². The number of halogens is 1. The van der Waals surface area contributed by atoms with Crippen molar-refractivity contribution >= 4 is 50.7 Å². The number of carbonyl (C=O) groups excluding carboxylic acids is 3. The van der Waals surface area contributed by atoms with Crippen LogP contribution in [0.2, 0.25) is 0 Å². The molecule has 0 saturated carbocycles. The Hall–Kier alpha value is -4.77. The van der Waals surface area contributed by atoms with Crippen LogP contribution in [-0.4, -0.2) is 52.1 Å². The predicted molar refractivity (Wildman–Crippen MR) is 189 cm³/mol. The summed E-state index contributed by atoms with van der Waals surface area (Å²) in [5.74, 6) is -0.864. The third-order valence-corrected chi connectivity index (χ3v) is 10.2. The highest BCUT2D eigenvalue weighted by molar-refractivity contribution is 9.10. The van der Waals surface area contributed by atoms with E-state index >= 15 is 0 Å². The van der Waals surface area contributed by atoms with E-state index in [1.807, 2.05) is 84.9 Å². The average molecular weight is 723 g/mol. The Morgan fingerprint density at radius 1 is 1.00 bits per heavy atom. The minimum absolute atomic E-state index is 0.0680. The molecule has 0 saturated heterocycles. The monoisotopic (exact) mass is 721 g/mol. The Bertz CT molecular complexity index is 1980. The lowest BCUT2D eigenvalue weighted by molar-refractivity contribution is -0.139. The number of amides is 3. The summed E-state index contributed by atoms with van der Waals surface area (Å²) in [6.07, 6.45) is 4.08. The molecular formula is C39H36BrN3O6. The molecule has 4 aromatic rings. The fourth-order valence-corrected chi connectivity index (χ4v) is 7.47. The number of aliphatic hydroxyl groups excluding tert-OH is 1. The smallest absolute Gasteiger partial charge is 0.269 e. The molecule has 4 aromatic carbocycles. The highest BCUT2D eigenvalue weighted by Crippen LogP contribution is 2.47. The van der Waals surface area contributed by atoms with E-state index in [0.29, 0.717) is 41.3 Å².